The second kappa shape index (κ2) is 16.4. The maximum atomic E-state index is 6.55. The molecule has 0 amide bonds. The van der Waals surface area contributed by atoms with Crippen LogP contribution in [0.5, 0.6) is 0 Å². The number of hydrogen-bond acceptors (Lipinski definition) is 6. The van der Waals surface area contributed by atoms with Crippen LogP contribution in [0.3, 0.4) is 0 Å². The Morgan fingerprint density at radius 2 is 1.40 bits per heavy atom. The summed E-state index contributed by atoms with van der Waals surface area (Å²) in [6.07, 6.45) is 1.66. The zero-order chi connectivity index (χ0) is 29.6. The van der Waals surface area contributed by atoms with Crippen LogP contribution in [0.15, 0.2) is 116 Å². The molecule has 1 heterocycles. The predicted molar refractivity (Wildman–Crippen MR) is 164 cm³/mol. The lowest BCUT2D eigenvalue weighted by atomic mass is 10.1. The fraction of sp³-hybridized carbons (Fsp3) is 0.389. The first-order valence-corrected chi connectivity index (χ1v) is 14.6. The van der Waals surface area contributed by atoms with Crippen LogP contribution in [0.1, 0.15) is 43.4 Å². The van der Waals surface area contributed by atoms with E-state index >= 15 is 0 Å². The van der Waals surface area contributed by atoms with Crippen LogP contribution in [0.25, 0.3) is 0 Å². The van der Waals surface area contributed by atoms with E-state index in [9.17, 15) is 0 Å². The number of rotatable bonds is 18. The lowest BCUT2D eigenvalue weighted by molar-refractivity contribution is -0.144. The second-order valence-corrected chi connectivity index (χ2v) is 10.9. The molecule has 0 aliphatic carbocycles. The van der Waals surface area contributed by atoms with E-state index in [0.717, 1.165) is 23.1 Å². The van der Waals surface area contributed by atoms with E-state index in [-0.39, 0.29) is 12.7 Å². The SMILES string of the molecule is C=C[C@@H](OCc1ccccc1)[C@H](OCc1ccccc1)[C@@H](COCc1ccccc1)OC(=C)CC[C@@H]1COC(C)(C)O1. The van der Waals surface area contributed by atoms with Gasteiger partial charge in [-0.1, -0.05) is 104 Å². The van der Waals surface area contributed by atoms with E-state index in [2.05, 4.69) is 13.2 Å². The molecule has 1 fully saturated rings. The van der Waals surface area contributed by atoms with Crippen molar-refractivity contribution in [3.63, 3.8) is 0 Å². The molecule has 0 saturated carbocycles. The molecular formula is C36H44O6. The molecular weight excluding hydrogens is 528 g/mol. The molecule has 3 aromatic rings. The van der Waals surface area contributed by atoms with Crippen molar-refractivity contribution in [3.05, 3.63) is 133 Å². The largest absolute Gasteiger partial charge is 0.490 e. The molecule has 6 heteroatoms. The number of ether oxygens (including phenoxy) is 6. The third kappa shape index (κ3) is 10.5. The first-order chi connectivity index (χ1) is 20.4. The van der Waals surface area contributed by atoms with Gasteiger partial charge < -0.3 is 28.4 Å². The van der Waals surface area contributed by atoms with Gasteiger partial charge in [0, 0.05) is 6.42 Å². The molecule has 0 aromatic heterocycles. The van der Waals surface area contributed by atoms with Crippen LogP contribution in [0.4, 0.5) is 0 Å². The number of hydrogen-bond donors (Lipinski definition) is 0. The summed E-state index contributed by atoms with van der Waals surface area (Å²) in [5.74, 6) is 0.0698. The molecule has 4 atom stereocenters. The van der Waals surface area contributed by atoms with Gasteiger partial charge in [0.25, 0.3) is 0 Å². The van der Waals surface area contributed by atoms with E-state index in [1.54, 1.807) is 6.08 Å². The Morgan fingerprint density at radius 3 is 1.93 bits per heavy atom. The zero-order valence-corrected chi connectivity index (χ0v) is 24.9. The fourth-order valence-corrected chi connectivity index (χ4v) is 4.81. The quantitative estimate of drug-likeness (QED) is 0.117. The van der Waals surface area contributed by atoms with Gasteiger partial charge in [-0.3, -0.25) is 0 Å². The molecule has 0 bridgehead atoms. The molecule has 224 valence electrons. The number of allylic oxidation sites excluding steroid dienone is 1. The van der Waals surface area contributed by atoms with Gasteiger partial charge in [0.1, 0.15) is 12.2 Å². The minimum absolute atomic E-state index is 0.00612. The summed E-state index contributed by atoms with van der Waals surface area (Å²) in [6.45, 7) is 14.3. The molecule has 0 radical (unpaired) electrons. The summed E-state index contributed by atoms with van der Waals surface area (Å²) in [5, 5.41) is 0. The summed E-state index contributed by atoms with van der Waals surface area (Å²) < 4.78 is 37.3. The van der Waals surface area contributed by atoms with E-state index in [4.69, 9.17) is 28.4 Å². The maximum Gasteiger partial charge on any atom is 0.163 e. The highest BCUT2D eigenvalue weighted by molar-refractivity contribution is 5.15. The van der Waals surface area contributed by atoms with E-state index in [1.807, 2.05) is 105 Å². The molecule has 1 aliphatic heterocycles. The minimum atomic E-state index is -0.565. The molecule has 1 saturated heterocycles. The molecule has 6 nitrogen and oxygen atoms in total. The lowest BCUT2D eigenvalue weighted by Crippen LogP contribution is -2.44. The summed E-state index contributed by atoms with van der Waals surface area (Å²) >= 11 is 0. The van der Waals surface area contributed by atoms with Gasteiger partial charge in [-0.25, -0.2) is 0 Å². The van der Waals surface area contributed by atoms with Crippen LogP contribution in [0.2, 0.25) is 0 Å². The fourth-order valence-electron chi connectivity index (χ4n) is 4.81. The van der Waals surface area contributed by atoms with Crippen LogP contribution in [-0.4, -0.2) is 43.4 Å². The monoisotopic (exact) mass is 572 g/mol. The normalized spacial score (nSPS) is 18.2. The van der Waals surface area contributed by atoms with Gasteiger partial charge in [0.2, 0.25) is 0 Å². The van der Waals surface area contributed by atoms with Crippen LogP contribution in [0, 0.1) is 0 Å². The van der Waals surface area contributed by atoms with E-state index < -0.39 is 24.1 Å². The standard InChI is InChI=1S/C36H44O6/c1-5-33(38-24-30-17-11-7-12-18-30)35(39-25-31-19-13-8-14-20-31)34(27-37-23-29-15-9-6-10-16-29)41-28(2)21-22-32-26-40-36(3,4)42-32/h5-20,32-35H,1-2,21-27H2,3-4H3/t32-,33-,34-,35+/m1/s1. The molecule has 0 spiro atoms. The summed E-state index contributed by atoms with van der Waals surface area (Å²) in [4.78, 5) is 0. The molecule has 1 aliphatic rings. The Bertz CT molecular complexity index is 1200. The average molecular weight is 573 g/mol. The third-order valence-electron chi connectivity index (χ3n) is 7.02. The Balaban J connectivity index is 1.48. The average Bonchev–Trinajstić information content (AvgIpc) is 3.37. The summed E-state index contributed by atoms with van der Waals surface area (Å²) in [7, 11) is 0. The van der Waals surface area contributed by atoms with Crippen LogP contribution in [-0.2, 0) is 48.2 Å². The van der Waals surface area contributed by atoms with E-state index in [1.165, 1.54) is 0 Å². The smallest absolute Gasteiger partial charge is 0.163 e. The van der Waals surface area contributed by atoms with Gasteiger partial charge in [0.15, 0.2) is 11.9 Å². The minimum Gasteiger partial charge on any atom is -0.490 e. The van der Waals surface area contributed by atoms with Gasteiger partial charge in [-0.2, -0.15) is 0 Å². The molecule has 42 heavy (non-hydrogen) atoms. The Labute approximate surface area is 250 Å². The zero-order valence-electron chi connectivity index (χ0n) is 24.9. The molecule has 0 N–H and O–H groups in total. The Morgan fingerprint density at radius 1 is 0.857 bits per heavy atom. The van der Waals surface area contributed by atoms with Gasteiger partial charge >= 0.3 is 0 Å². The van der Waals surface area contributed by atoms with Crippen LogP contribution >= 0.6 is 0 Å². The number of benzene rings is 3. The lowest BCUT2D eigenvalue weighted by Gasteiger charge is -2.33. The van der Waals surface area contributed by atoms with Crippen molar-refractivity contribution < 1.29 is 28.4 Å². The Kier molecular flexibility index (Phi) is 12.4. The second-order valence-electron chi connectivity index (χ2n) is 10.9. The van der Waals surface area contributed by atoms with Crippen molar-refractivity contribution in [1.29, 1.82) is 0 Å². The molecule has 0 unspecified atom stereocenters. The van der Waals surface area contributed by atoms with Crippen molar-refractivity contribution in [2.45, 2.75) is 76.7 Å². The third-order valence-corrected chi connectivity index (χ3v) is 7.02. The van der Waals surface area contributed by atoms with Crippen molar-refractivity contribution in [2.75, 3.05) is 13.2 Å². The topological polar surface area (TPSA) is 55.4 Å². The first-order valence-electron chi connectivity index (χ1n) is 14.6. The van der Waals surface area contributed by atoms with Crippen molar-refractivity contribution >= 4 is 0 Å². The van der Waals surface area contributed by atoms with Crippen molar-refractivity contribution in [3.8, 4) is 0 Å². The Hall–Kier alpha value is -3.26. The highest BCUT2D eigenvalue weighted by atomic mass is 16.7. The van der Waals surface area contributed by atoms with E-state index in [0.29, 0.717) is 38.6 Å². The molecule has 4 rings (SSSR count). The highest BCUT2D eigenvalue weighted by Gasteiger charge is 2.34. The molecule has 3 aromatic carbocycles. The predicted octanol–water partition coefficient (Wildman–Crippen LogP) is 7.39. The summed E-state index contributed by atoms with van der Waals surface area (Å²) in [6, 6.07) is 30.2. The maximum absolute atomic E-state index is 6.55. The van der Waals surface area contributed by atoms with Gasteiger partial charge in [0.05, 0.1) is 44.9 Å². The van der Waals surface area contributed by atoms with Gasteiger partial charge in [-0.05, 0) is 37.0 Å². The highest BCUT2D eigenvalue weighted by Crippen LogP contribution is 2.27. The van der Waals surface area contributed by atoms with Crippen molar-refractivity contribution in [1.82, 2.24) is 0 Å². The van der Waals surface area contributed by atoms with Gasteiger partial charge in [-0.15, -0.1) is 6.58 Å². The summed E-state index contributed by atoms with van der Waals surface area (Å²) in [5.41, 5.74) is 3.20. The van der Waals surface area contributed by atoms with Crippen molar-refractivity contribution in [2.24, 2.45) is 0 Å². The van der Waals surface area contributed by atoms with Crippen LogP contribution < -0.4 is 0 Å². The first kappa shape index (κ1) is 31.7.